The van der Waals surface area contributed by atoms with Gasteiger partial charge in [0.1, 0.15) is 12.6 Å². The van der Waals surface area contributed by atoms with Crippen LogP contribution in [0.1, 0.15) is 55.6 Å². The average Bonchev–Trinajstić information content (AvgIpc) is 3.36. The first-order valence-electron chi connectivity index (χ1n) is 12.7. The molecule has 0 spiro atoms. The molecule has 0 radical (unpaired) electrons. The molecule has 1 saturated carbocycles. The second kappa shape index (κ2) is 8.70. The van der Waals surface area contributed by atoms with E-state index in [1.807, 2.05) is 24.3 Å². The van der Waals surface area contributed by atoms with Crippen LogP contribution in [-0.4, -0.2) is 52.7 Å². The van der Waals surface area contributed by atoms with Crippen LogP contribution in [0.4, 0.5) is 4.79 Å². The van der Waals surface area contributed by atoms with Crippen LogP contribution in [0.3, 0.4) is 0 Å². The molecule has 2 bridgehead atoms. The third-order valence-electron chi connectivity index (χ3n) is 8.31. The van der Waals surface area contributed by atoms with E-state index in [0.717, 1.165) is 41.5 Å². The zero-order chi connectivity index (χ0) is 24.1. The third-order valence-corrected chi connectivity index (χ3v) is 8.31. The lowest BCUT2D eigenvalue weighted by Crippen LogP contribution is -2.51. The van der Waals surface area contributed by atoms with Gasteiger partial charge in [-0.2, -0.15) is 0 Å². The first-order chi connectivity index (χ1) is 17.0. The Labute approximate surface area is 204 Å². The monoisotopic (exact) mass is 474 g/mol. The number of amides is 2. The topological polar surface area (TPSA) is 95.9 Å². The molecule has 7 heteroatoms. The fraction of sp³-hybridized carbons (Fsp3) is 0.464. The zero-order valence-corrected chi connectivity index (χ0v) is 19.6. The number of ether oxygens (including phenoxy) is 1. The van der Waals surface area contributed by atoms with Crippen molar-refractivity contribution in [3.63, 3.8) is 0 Å². The average molecular weight is 475 g/mol. The Hall–Kier alpha value is -3.35. The second-order valence-electron chi connectivity index (χ2n) is 10.4. The summed E-state index contributed by atoms with van der Waals surface area (Å²) in [5.41, 5.74) is 4.61. The van der Waals surface area contributed by atoms with Crippen LogP contribution in [0.2, 0.25) is 0 Å². The molecule has 2 aliphatic heterocycles. The van der Waals surface area contributed by atoms with Crippen molar-refractivity contribution in [2.75, 3.05) is 6.61 Å². The van der Waals surface area contributed by atoms with Gasteiger partial charge in [0.25, 0.3) is 0 Å². The van der Waals surface area contributed by atoms with E-state index in [1.54, 1.807) is 4.90 Å². The van der Waals surface area contributed by atoms with E-state index in [1.165, 1.54) is 0 Å². The number of rotatable bonds is 7. The molecule has 0 unspecified atom stereocenters. The summed E-state index contributed by atoms with van der Waals surface area (Å²) >= 11 is 0. The number of alkyl carbamates (subject to hydrolysis) is 1. The number of aliphatic carboxylic acids is 1. The molecule has 6 rings (SSSR count). The summed E-state index contributed by atoms with van der Waals surface area (Å²) in [6, 6.07) is 15.4. The Morgan fingerprint density at radius 2 is 1.63 bits per heavy atom. The summed E-state index contributed by atoms with van der Waals surface area (Å²) in [5.74, 6) is -1.11. The number of carbonyl (C=O) groups is 3. The van der Waals surface area contributed by atoms with Crippen LogP contribution in [0.25, 0.3) is 11.1 Å². The third kappa shape index (κ3) is 3.97. The highest BCUT2D eigenvalue weighted by Gasteiger charge is 2.52. The first kappa shape index (κ1) is 22.1. The van der Waals surface area contributed by atoms with Gasteiger partial charge in [0.2, 0.25) is 5.91 Å². The fourth-order valence-electron chi connectivity index (χ4n) is 6.47. The van der Waals surface area contributed by atoms with Crippen LogP contribution in [-0.2, 0) is 14.3 Å². The van der Waals surface area contributed by atoms with Crippen molar-refractivity contribution in [3.05, 3.63) is 59.7 Å². The molecule has 4 aliphatic rings. The van der Waals surface area contributed by atoms with Crippen molar-refractivity contribution in [2.24, 2.45) is 11.8 Å². The number of fused-ring (bicyclic) bond motifs is 5. The highest BCUT2D eigenvalue weighted by atomic mass is 16.5. The minimum Gasteiger partial charge on any atom is -0.481 e. The largest absolute Gasteiger partial charge is 0.481 e. The van der Waals surface area contributed by atoms with E-state index in [0.29, 0.717) is 25.2 Å². The van der Waals surface area contributed by atoms with E-state index in [-0.39, 0.29) is 30.5 Å². The maximum atomic E-state index is 13.5. The number of carboxylic acids is 1. The van der Waals surface area contributed by atoms with Crippen LogP contribution in [0.15, 0.2) is 48.5 Å². The maximum absolute atomic E-state index is 13.5. The van der Waals surface area contributed by atoms with Gasteiger partial charge in [-0.3, -0.25) is 9.59 Å². The van der Waals surface area contributed by atoms with Gasteiger partial charge < -0.3 is 20.1 Å². The molecule has 2 amide bonds. The van der Waals surface area contributed by atoms with Crippen molar-refractivity contribution in [2.45, 2.75) is 62.6 Å². The summed E-state index contributed by atoms with van der Waals surface area (Å²) in [7, 11) is 0. The molecule has 0 aromatic heterocycles. The number of nitrogens with zero attached hydrogens (tertiary/aromatic N) is 1. The normalized spacial score (nSPS) is 25.1. The Kier molecular flexibility index (Phi) is 5.50. The Morgan fingerprint density at radius 3 is 2.23 bits per heavy atom. The van der Waals surface area contributed by atoms with E-state index in [4.69, 9.17) is 4.74 Å². The zero-order valence-electron chi connectivity index (χ0n) is 19.6. The molecular formula is C28H30N2O5. The molecule has 2 saturated heterocycles. The summed E-state index contributed by atoms with van der Waals surface area (Å²) < 4.78 is 5.70. The molecule has 2 aromatic rings. The number of nitrogens with one attached hydrogen (secondary N) is 1. The van der Waals surface area contributed by atoms with Gasteiger partial charge in [0.15, 0.2) is 0 Å². The molecule has 2 N–H and O–H groups in total. The minimum absolute atomic E-state index is 0.0420. The van der Waals surface area contributed by atoms with Crippen molar-refractivity contribution >= 4 is 18.0 Å². The fourth-order valence-corrected chi connectivity index (χ4v) is 6.47. The highest BCUT2D eigenvalue weighted by Crippen LogP contribution is 2.45. The summed E-state index contributed by atoms with van der Waals surface area (Å²) in [6.45, 7) is 0.195. The Bertz CT molecular complexity index is 1130. The lowest BCUT2D eigenvalue weighted by Gasteiger charge is -2.28. The van der Waals surface area contributed by atoms with Gasteiger partial charge in [-0.15, -0.1) is 0 Å². The lowest BCUT2D eigenvalue weighted by atomic mass is 9.89. The van der Waals surface area contributed by atoms with Gasteiger partial charge in [0.05, 0.1) is 5.92 Å². The number of carbonyl (C=O) groups excluding carboxylic acids is 2. The first-order valence-corrected chi connectivity index (χ1v) is 12.7. The van der Waals surface area contributed by atoms with Crippen LogP contribution >= 0.6 is 0 Å². The van der Waals surface area contributed by atoms with Crippen LogP contribution < -0.4 is 5.32 Å². The molecular weight excluding hydrogens is 444 g/mol. The molecule has 7 nitrogen and oxygen atoms in total. The van der Waals surface area contributed by atoms with Gasteiger partial charge in [-0.05, 0) is 53.9 Å². The number of hydrogen-bond donors (Lipinski definition) is 2. The maximum Gasteiger partial charge on any atom is 0.407 e. The lowest BCUT2D eigenvalue weighted by molar-refractivity contribution is -0.143. The molecule has 182 valence electrons. The van der Waals surface area contributed by atoms with Gasteiger partial charge >= 0.3 is 12.1 Å². The molecule has 2 aromatic carbocycles. The van der Waals surface area contributed by atoms with Gasteiger partial charge in [0, 0.05) is 18.0 Å². The van der Waals surface area contributed by atoms with Gasteiger partial charge in [-0.1, -0.05) is 61.4 Å². The summed E-state index contributed by atoms with van der Waals surface area (Å²) in [4.78, 5) is 39.8. The minimum atomic E-state index is -0.835. The van der Waals surface area contributed by atoms with E-state index >= 15 is 0 Å². The van der Waals surface area contributed by atoms with Crippen molar-refractivity contribution in [1.29, 1.82) is 0 Å². The number of benzene rings is 2. The Balaban J connectivity index is 1.14. The summed E-state index contributed by atoms with van der Waals surface area (Å²) in [6.07, 6.45) is 4.16. The van der Waals surface area contributed by atoms with E-state index < -0.39 is 24.0 Å². The Morgan fingerprint density at radius 1 is 0.971 bits per heavy atom. The SMILES string of the molecule is O=C(N[C@@H](CC1CC1)C(=O)N1[C@@H]2CC[C@H]1[C@@H](C(=O)O)C2)OCC1c2ccccc2-c2ccccc21. The molecule has 35 heavy (non-hydrogen) atoms. The van der Waals surface area contributed by atoms with E-state index in [9.17, 15) is 19.5 Å². The van der Waals surface area contributed by atoms with Crippen LogP contribution in [0, 0.1) is 11.8 Å². The quantitative estimate of drug-likeness (QED) is 0.628. The molecule has 2 heterocycles. The summed E-state index contributed by atoms with van der Waals surface area (Å²) in [5, 5.41) is 12.4. The molecule has 3 fully saturated rings. The second-order valence-corrected chi connectivity index (χ2v) is 10.4. The molecule has 2 aliphatic carbocycles. The van der Waals surface area contributed by atoms with Crippen molar-refractivity contribution in [1.82, 2.24) is 10.2 Å². The van der Waals surface area contributed by atoms with E-state index in [2.05, 4.69) is 29.6 Å². The smallest absolute Gasteiger partial charge is 0.407 e. The number of carboxylic acid groups (broad SMARTS) is 1. The molecule has 4 atom stereocenters. The number of hydrogen-bond acceptors (Lipinski definition) is 4. The van der Waals surface area contributed by atoms with Gasteiger partial charge in [-0.25, -0.2) is 4.79 Å². The van der Waals surface area contributed by atoms with Crippen molar-refractivity contribution < 1.29 is 24.2 Å². The van der Waals surface area contributed by atoms with Crippen LogP contribution in [0.5, 0.6) is 0 Å². The predicted molar refractivity (Wildman–Crippen MR) is 129 cm³/mol. The predicted octanol–water partition coefficient (Wildman–Crippen LogP) is 4.16. The van der Waals surface area contributed by atoms with Crippen molar-refractivity contribution in [3.8, 4) is 11.1 Å². The standard InChI is InChI=1S/C28H30N2O5/c31-26(30-17-11-12-25(30)22(14-17)27(32)33)24(13-16-9-10-16)29-28(34)35-15-23-20-7-3-1-5-18(20)19-6-2-4-8-21(19)23/h1-8,16-17,22-25H,9-15H2,(H,29,34)(H,32,33)/t17-,22+,24+,25+/m1/s1. The highest BCUT2D eigenvalue weighted by molar-refractivity contribution is 5.88.